The summed E-state index contributed by atoms with van der Waals surface area (Å²) in [6.07, 6.45) is 1.48. The Balaban J connectivity index is 2.17. The van der Waals surface area contributed by atoms with E-state index < -0.39 is 24.6 Å². The zero-order valence-electron chi connectivity index (χ0n) is 7.47. The number of urea groups is 1. The van der Waals surface area contributed by atoms with E-state index in [4.69, 9.17) is 5.11 Å². The number of carbonyl (C=O) groups excluding carboxylic acids is 2. The lowest BCUT2D eigenvalue weighted by atomic mass is 10.2. The molecule has 2 heterocycles. The van der Waals surface area contributed by atoms with Crippen LogP contribution in [0.25, 0.3) is 0 Å². The minimum atomic E-state index is -1.16. The van der Waals surface area contributed by atoms with Gasteiger partial charge in [0, 0.05) is 6.54 Å². The van der Waals surface area contributed by atoms with Crippen molar-refractivity contribution in [1.29, 1.82) is 0 Å². The van der Waals surface area contributed by atoms with Crippen molar-refractivity contribution in [3.63, 3.8) is 0 Å². The van der Waals surface area contributed by atoms with E-state index in [1.165, 1.54) is 4.90 Å². The molecule has 2 saturated heterocycles. The van der Waals surface area contributed by atoms with Crippen LogP contribution < -0.4 is 0 Å². The van der Waals surface area contributed by atoms with Gasteiger partial charge in [-0.15, -0.1) is 0 Å². The van der Waals surface area contributed by atoms with Crippen LogP contribution in [0.1, 0.15) is 12.8 Å². The molecule has 0 unspecified atom stereocenters. The van der Waals surface area contributed by atoms with E-state index in [1.54, 1.807) is 0 Å². The van der Waals surface area contributed by atoms with Crippen molar-refractivity contribution in [2.24, 2.45) is 0 Å². The van der Waals surface area contributed by atoms with Crippen LogP contribution in [0.4, 0.5) is 4.79 Å². The molecule has 0 spiro atoms. The van der Waals surface area contributed by atoms with Crippen LogP contribution in [0.3, 0.4) is 0 Å². The van der Waals surface area contributed by atoms with Gasteiger partial charge in [0.1, 0.15) is 12.6 Å². The monoisotopic (exact) mass is 198 g/mol. The Morgan fingerprint density at radius 3 is 2.79 bits per heavy atom. The number of nitrogens with zero attached hydrogens (tertiary/aromatic N) is 2. The second-order valence-corrected chi connectivity index (χ2v) is 3.45. The highest BCUT2D eigenvalue weighted by Gasteiger charge is 2.47. The summed E-state index contributed by atoms with van der Waals surface area (Å²) in [6, 6.07) is -0.859. The zero-order chi connectivity index (χ0) is 10.3. The number of carboxylic acid groups (broad SMARTS) is 1. The van der Waals surface area contributed by atoms with E-state index in [-0.39, 0.29) is 5.91 Å². The van der Waals surface area contributed by atoms with Crippen LogP contribution in [-0.2, 0) is 9.59 Å². The van der Waals surface area contributed by atoms with Crippen molar-refractivity contribution in [1.82, 2.24) is 9.80 Å². The molecule has 0 radical (unpaired) electrons. The van der Waals surface area contributed by atoms with Gasteiger partial charge in [0.2, 0.25) is 0 Å². The number of hydrogen-bond donors (Lipinski definition) is 1. The molecule has 14 heavy (non-hydrogen) atoms. The van der Waals surface area contributed by atoms with Crippen LogP contribution in [-0.4, -0.2) is 51.9 Å². The summed E-state index contributed by atoms with van der Waals surface area (Å²) in [5, 5.41) is 8.51. The zero-order valence-corrected chi connectivity index (χ0v) is 7.47. The number of fused-ring (bicyclic) bond motifs is 1. The second kappa shape index (κ2) is 2.97. The summed E-state index contributed by atoms with van der Waals surface area (Å²) in [6.45, 7) is 0.0377. The van der Waals surface area contributed by atoms with Gasteiger partial charge in [-0.3, -0.25) is 14.5 Å². The highest BCUT2D eigenvalue weighted by atomic mass is 16.4. The molecule has 76 valence electrons. The number of amides is 3. The van der Waals surface area contributed by atoms with Gasteiger partial charge < -0.3 is 10.0 Å². The number of hydrogen-bond acceptors (Lipinski definition) is 3. The Kier molecular flexibility index (Phi) is 1.90. The molecule has 3 amide bonds. The maximum atomic E-state index is 11.5. The third-order valence-corrected chi connectivity index (χ3v) is 2.57. The maximum absolute atomic E-state index is 11.5. The molecule has 2 fully saturated rings. The van der Waals surface area contributed by atoms with Crippen LogP contribution in [0.15, 0.2) is 0 Å². The van der Waals surface area contributed by atoms with Crippen LogP contribution >= 0.6 is 0 Å². The van der Waals surface area contributed by atoms with Crippen LogP contribution in [0, 0.1) is 0 Å². The van der Waals surface area contributed by atoms with E-state index in [1.807, 2.05) is 0 Å². The third kappa shape index (κ3) is 1.14. The van der Waals surface area contributed by atoms with E-state index in [9.17, 15) is 14.4 Å². The van der Waals surface area contributed by atoms with Crippen molar-refractivity contribution >= 4 is 17.9 Å². The molecule has 0 saturated carbocycles. The predicted molar refractivity (Wildman–Crippen MR) is 44.5 cm³/mol. The molecule has 0 aromatic heterocycles. The smallest absolute Gasteiger partial charge is 0.327 e. The van der Waals surface area contributed by atoms with Crippen molar-refractivity contribution < 1.29 is 19.5 Å². The maximum Gasteiger partial charge on any atom is 0.327 e. The number of carboxylic acids is 1. The van der Waals surface area contributed by atoms with Gasteiger partial charge >= 0.3 is 12.0 Å². The summed E-state index contributed by atoms with van der Waals surface area (Å²) in [4.78, 5) is 35.7. The van der Waals surface area contributed by atoms with E-state index >= 15 is 0 Å². The molecule has 0 aromatic carbocycles. The first-order chi connectivity index (χ1) is 6.61. The minimum absolute atomic E-state index is 0.366. The fourth-order valence-electron chi connectivity index (χ4n) is 1.96. The first-order valence-corrected chi connectivity index (χ1v) is 4.45. The van der Waals surface area contributed by atoms with Gasteiger partial charge in [-0.2, -0.15) is 0 Å². The number of imide groups is 1. The molecule has 2 rings (SSSR count). The first kappa shape index (κ1) is 8.98. The molecule has 6 heteroatoms. The summed E-state index contributed by atoms with van der Waals surface area (Å²) < 4.78 is 0. The van der Waals surface area contributed by atoms with Crippen molar-refractivity contribution in [2.45, 2.75) is 18.9 Å². The lowest BCUT2D eigenvalue weighted by molar-refractivity contribution is -0.141. The van der Waals surface area contributed by atoms with Gasteiger partial charge in [0.25, 0.3) is 5.91 Å². The van der Waals surface area contributed by atoms with Gasteiger partial charge in [0.05, 0.1) is 0 Å². The molecule has 6 nitrogen and oxygen atoms in total. The second-order valence-electron chi connectivity index (χ2n) is 3.45. The van der Waals surface area contributed by atoms with Gasteiger partial charge in [-0.1, -0.05) is 0 Å². The summed E-state index contributed by atoms with van der Waals surface area (Å²) in [5.41, 5.74) is 0. The van der Waals surface area contributed by atoms with E-state index in [0.29, 0.717) is 13.0 Å². The molecule has 1 atom stereocenters. The Bertz CT molecular complexity index is 292. The van der Waals surface area contributed by atoms with Crippen molar-refractivity contribution in [2.75, 3.05) is 13.1 Å². The Morgan fingerprint density at radius 1 is 1.50 bits per heavy atom. The lowest BCUT2D eigenvalue weighted by Gasteiger charge is -2.12. The van der Waals surface area contributed by atoms with Crippen molar-refractivity contribution in [3.8, 4) is 0 Å². The Labute approximate surface area is 80.1 Å². The van der Waals surface area contributed by atoms with Gasteiger partial charge in [0.15, 0.2) is 0 Å². The number of carbonyl (C=O) groups is 3. The van der Waals surface area contributed by atoms with Crippen LogP contribution in [0.2, 0.25) is 0 Å². The topological polar surface area (TPSA) is 77.9 Å². The molecule has 0 bridgehead atoms. The summed E-state index contributed by atoms with van der Waals surface area (Å²) in [7, 11) is 0. The lowest BCUT2D eigenvalue weighted by Crippen LogP contribution is -2.37. The summed E-state index contributed by atoms with van der Waals surface area (Å²) >= 11 is 0. The number of aliphatic carboxylic acids is 1. The predicted octanol–water partition coefficient (Wildman–Crippen LogP) is -0.502. The largest absolute Gasteiger partial charge is 0.480 e. The molecule has 2 aliphatic heterocycles. The molecule has 0 aromatic rings. The highest BCUT2D eigenvalue weighted by molar-refractivity contribution is 6.06. The Morgan fingerprint density at radius 2 is 2.21 bits per heavy atom. The normalized spacial score (nSPS) is 25.9. The number of rotatable bonds is 2. The standard InChI is InChI=1S/C8H10N2O4/c11-6(12)4-10-7(13)5-2-1-3-9(5)8(10)14/h5H,1-4H2,(H,11,12)/t5-/m0/s1. The fraction of sp³-hybridized carbons (Fsp3) is 0.625. The SMILES string of the molecule is O=C(O)CN1C(=O)[C@@H]2CCCN2C1=O. The molecule has 1 N–H and O–H groups in total. The minimum Gasteiger partial charge on any atom is -0.480 e. The van der Waals surface area contributed by atoms with Crippen LogP contribution in [0.5, 0.6) is 0 Å². The van der Waals surface area contributed by atoms with E-state index in [2.05, 4.69) is 0 Å². The van der Waals surface area contributed by atoms with Crippen molar-refractivity contribution in [3.05, 3.63) is 0 Å². The van der Waals surface area contributed by atoms with E-state index in [0.717, 1.165) is 11.3 Å². The average Bonchev–Trinajstić information content (AvgIpc) is 2.65. The Hall–Kier alpha value is -1.59. The molecule has 0 aliphatic carbocycles. The first-order valence-electron chi connectivity index (χ1n) is 4.45. The highest BCUT2D eigenvalue weighted by Crippen LogP contribution is 2.26. The molecular weight excluding hydrogens is 188 g/mol. The van der Waals surface area contributed by atoms with Gasteiger partial charge in [-0.25, -0.2) is 4.79 Å². The fourth-order valence-corrected chi connectivity index (χ4v) is 1.96. The molecule has 2 aliphatic rings. The summed E-state index contributed by atoms with van der Waals surface area (Å²) in [5.74, 6) is -1.53. The molecular formula is C8H10N2O4. The quantitative estimate of drug-likeness (QED) is 0.606. The third-order valence-electron chi connectivity index (χ3n) is 2.57. The van der Waals surface area contributed by atoms with Gasteiger partial charge in [-0.05, 0) is 12.8 Å². The average molecular weight is 198 g/mol.